The van der Waals surface area contributed by atoms with Crippen molar-refractivity contribution in [2.75, 3.05) is 26.2 Å². The van der Waals surface area contributed by atoms with E-state index < -0.39 is 5.97 Å². The van der Waals surface area contributed by atoms with Gasteiger partial charge in [0.1, 0.15) is 0 Å². The molecule has 0 atom stereocenters. The van der Waals surface area contributed by atoms with Crippen LogP contribution >= 0.6 is 0 Å². The molecule has 0 fully saturated rings. The number of aliphatic carboxylic acids is 1. The van der Waals surface area contributed by atoms with Crippen LogP contribution in [0, 0.1) is 0 Å². The van der Waals surface area contributed by atoms with E-state index >= 15 is 0 Å². The Balaban J connectivity index is 0.000000749. The number of nitrogens with zero attached hydrogens (tertiary/aromatic N) is 2. The highest BCUT2D eigenvalue weighted by molar-refractivity contribution is 5.66. The van der Waals surface area contributed by atoms with Gasteiger partial charge in [-0.2, -0.15) is 0 Å². The van der Waals surface area contributed by atoms with Crippen molar-refractivity contribution in [2.24, 2.45) is 10.7 Å². The molecule has 0 aromatic rings. The van der Waals surface area contributed by atoms with Gasteiger partial charge in [-0.3, -0.25) is 9.79 Å². The van der Waals surface area contributed by atoms with E-state index in [9.17, 15) is 4.79 Å². The van der Waals surface area contributed by atoms with Gasteiger partial charge >= 0.3 is 5.97 Å². The fraction of sp³-hybridized carbons (Fsp3) is 0.826. The van der Waals surface area contributed by atoms with Crippen LogP contribution in [0.2, 0.25) is 0 Å². The second kappa shape index (κ2) is 21.9. The lowest BCUT2D eigenvalue weighted by molar-refractivity contribution is -0.137. The van der Waals surface area contributed by atoms with Crippen molar-refractivity contribution >= 4 is 12.3 Å². The molecule has 0 radical (unpaired) electrons. The zero-order valence-corrected chi connectivity index (χ0v) is 18.3. The lowest BCUT2D eigenvalue weighted by atomic mass is 10.1. The number of rotatable bonds is 17. The Morgan fingerprint density at radius 2 is 1.57 bits per heavy atom. The number of aliphatic imine (C=N–C) groups is 1. The van der Waals surface area contributed by atoms with Crippen LogP contribution in [0.1, 0.15) is 96.8 Å². The molecule has 28 heavy (non-hydrogen) atoms. The minimum absolute atomic E-state index is 0.332. The van der Waals surface area contributed by atoms with Gasteiger partial charge in [-0.1, -0.05) is 70.4 Å². The summed E-state index contributed by atoms with van der Waals surface area (Å²) in [6.45, 7) is 5.93. The lowest BCUT2D eigenvalue weighted by Gasteiger charge is -2.09. The summed E-state index contributed by atoms with van der Waals surface area (Å²) in [7, 11) is 0. The van der Waals surface area contributed by atoms with E-state index in [1.165, 1.54) is 70.6 Å². The van der Waals surface area contributed by atoms with Gasteiger partial charge in [0.05, 0.1) is 12.9 Å². The molecule has 1 heterocycles. The minimum Gasteiger partial charge on any atom is -0.481 e. The van der Waals surface area contributed by atoms with Gasteiger partial charge in [-0.25, -0.2) is 0 Å². The third-order valence-electron chi connectivity index (χ3n) is 4.83. The number of hydrogen-bond acceptors (Lipinski definition) is 4. The van der Waals surface area contributed by atoms with Gasteiger partial charge < -0.3 is 15.7 Å². The van der Waals surface area contributed by atoms with E-state index in [0.717, 1.165) is 39.0 Å². The van der Waals surface area contributed by atoms with Crippen LogP contribution in [0.4, 0.5) is 0 Å². The predicted octanol–water partition coefficient (Wildman–Crippen LogP) is 5.40. The molecule has 1 rings (SSSR count). The fourth-order valence-electron chi connectivity index (χ4n) is 3.10. The van der Waals surface area contributed by atoms with Crippen molar-refractivity contribution < 1.29 is 9.90 Å². The molecular formula is C23H45N3O2. The maximum absolute atomic E-state index is 10.3. The summed E-state index contributed by atoms with van der Waals surface area (Å²) in [4.78, 5) is 16.5. The fourth-order valence-corrected chi connectivity index (χ4v) is 3.10. The molecule has 0 bridgehead atoms. The molecule has 0 spiro atoms. The van der Waals surface area contributed by atoms with E-state index in [4.69, 9.17) is 10.8 Å². The van der Waals surface area contributed by atoms with E-state index in [-0.39, 0.29) is 0 Å². The molecule has 0 unspecified atom stereocenters. The molecular weight excluding hydrogens is 350 g/mol. The first-order chi connectivity index (χ1) is 13.7. The van der Waals surface area contributed by atoms with Gasteiger partial charge in [-0.05, 0) is 32.1 Å². The summed E-state index contributed by atoms with van der Waals surface area (Å²) in [5, 5.41) is 8.51. The van der Waals surface area contributed by atoms with Crippen LogP contribution in [0.25, 0.3) is 0 Å². The summed E-state index contributed by atoms with van der Waals surface area (Å²) >= 11 is 0. The Hall–Kier alpha value is -1.36. The van der Waals surface area contributed by atoms with Gasteiger partial charge in [-0.15, -0.1) is 0 Å². The number of allylic oxidation sites excluding steroid dienone is 2. The normalized spacial score (nSPS) is 13.1. The van der Waals surface area contributed by atoms with E-state index in [2.05, 4.69) is 29.0 Å². The van der Waals surface area contributed by atoms with Gasteiger partial charge in [0.25, 0.3) is 0 Å². The molecule has 0 saturated heterocycles. The quantitative estimate of drug-likeness (QED) is 0.255. The third-order valence-corrected chi connectivity index (χ3v) is 4.83. The topological polar surface area (TPSA) is 78.9 Å². The molecule has 164 valence electrons. The van der Waals surface area contributed by atoms with Crippen LogP contribution in [0.3, 0.4) is 0 Å². The molecule has 1 aliphatic rings. The first-order valence-corrected chi connectivity index (χ1v) is 11.5. The van der Waals surface area contributed by atoms with Gasteiger partial charge in [0.2, 0.25) is 0 Å². The zero-order valence-electron chi connectivity index (χ0n) is 18.3. The van der Waals surface area contributed by atoms with Crippen molar-refractivity contribution in [1.29, 1.82) is 0 Å². The number of carboxylic acid groups (broad SMARTS) is 1. The monoisotopic (exact) mass is 395 g/mol. The molecule has 0 saturated carbocycles. The van der Waals surface area contributed by atoms with Gasteiger partial charge in [0, 0.05) is 26.1 Å². The number of nitrogens with two attached hydrogens (primary N) is 1. The standard InChI is InChI=1S/C18H34O2.C5H11N3/c1-2-3-4-5-6-7-8-9-10-11-12-13-14-15-16-17-18(19)20;6-1-3-8-4-2-7-5-8/h9-10H,2-8,11-17H2,1H3,(H,19,20);5H,1-4,6H2/b10-9-;. The summed E-state index contributed by atoms with van der Waals surface area (Å²) < 4.78 is 0. The lowest BCUT2D eigenvalue weighted by Crippen LogP contribution is -2.26. The Morgan fingerprint density at radius 3 is 2.07 bits per heavy atom. The van der Waals surface area contributed by atoms with Crippen molar-refractivity contribution in [3.05, 3.63) is 12.2 Å². The molecule has 1 aliphatic heterocycles. The Labute approximate surface area is 173 Å². The molecule has 5 nitrogen and oxygen atoms in total. The van der Waals surface area contributed by atoms with Crippen LogP contribution in [0.5, 0.6) is 0 Å². The maximum atomic E-state index is 10.3. The minimum atomic E-state index is -0.664. The number of carbonyl (C=O) groups is 1. The second-order valence-corrected chi connectivity index (χ2v) is 7.57. The SMILES string of the molecule is CCCCCCCC/C=C\CCCCCCCC(=O)O.NCCN1C=NCC1. The number of unbranched alkanes of at least 4 members (excludes halogenated alkanes) is 11. The average Bonchev–Trinajstić information content (AvgIpc) is 3.19. The molecule has 0 amide bonds. The molecule has 3 N–H and O–H groups in total. The Kier molecular flexibility index (Phi) is 20.9. The largest absolute Gasteiger partial charge is 0.481 e. The van der Waals surface area contributed by atoms with Crippen LogP contribution in [-0.4, -0.2) is 48.5 Å². The smallest absolute Gasteiger partial charge is 0.303 e. The van der Waals surface area contributed by atoms with E-state index in [1.807, 2.05) is 6.34 Å². The van der Waals surface area contributed by atoms with Crippen LogP contribution in [-0.2, 0) is 4.79 Å². The maximum Gasteiger partial charge on any atom is 0.303 e. The van der Waals surface area contributed by atoms with E-state index in [1.54, 1.807) is 0 Å². The predicted molar refractivity (Wildman–Crippen MR) is 121 cm³/mol. The van der Waals surface area contributed by atoms with E-state index in [0.29, 0.717) is 6.42 Å². The molecule has 0 aliphatic carbocycles. The summed E-state index contributed by atoms with van der Waals surface area (Å²) in [6.07, 6.45) is 23.1. The highest BCUT2D eigenvalue weighted by Crippen LogP contribution is 2.09. The average molecular weight is 396 g/mol. The second-order valence-electron chi connectivity index (χ2n) is 7.57. The summed E-state index contributed by atoms with van der Waals surface area (Å²) in [5.41, 5.74) is 5.30. The highest BCUT2D eigenvalue weighted by atomic mass is 16.4. The van der Waals surface area contributed by atoms with Gasteiger partial charge in [0.15, 0.2) is 0 Å². The summed E-state index contributed by atoms with van der Waals surface area (Å²) in [5.74, 6) is -0.664. The van der Waals surface area contributed by atoms with Crippen molar-refractivity contribution in [3.63, 3.8) is 0 Å². The highest BCUT2D eigenvalue weighted by Gasteiger charge is 2.01. The summed E-state index contributed by atoms with van der Waals surface area (Å²) in [6, 6.07) is 0. The molecule has 5 heteroatoms. The molecule has 0 aromatic heterocycles. The number of hydrogen-bond donors (Lipinski definition) is 2. The first-order valence-electron chi connectivity index (χ1n) is 11.5. The Bertz CT molecular complexity index is 397. The van der Waals surface area contributed by atoms with Crippen LogP contribution in [0.15, 0.2) is 17.1 Å². The molecule has 0 aromatic carbocycles. The third kappa shape index (κ3) is 20.9. The first kappa shape index (κ1) is 26.6. The van der Waals surface area contributed by atoms with Crippen molar-refractivity contribution in [2.45, 2.75) is 96.8 Å². The Morgan fingerprint density at radius 1 is 1.00 bits per heavy atom. The van der Waals surface area contributed by atoms with Crippen LogP contribution < -0.4 is 5.73 Å². The van der Waals surface area contributed by atoms with Crippen molar-refractivity contribution in [3.8, 4) is 0 Å². The number of carboxylic acids is 1. The zero-order chi connectivity index (χ0) is 20.7. The van der Waals surface area contributed by atoms with Crippen molar-refractivity contribution in [1.82, 2.24) is 4.90 Å².